The topological polar surface area (TPSA) is 58.6 Å². The Kier molecular flexibility index (Phi) is 7.38. The number of hydrogen-bond donors (Lipinski definition) is 2. The van der Waals surface area contributed by atoms with E-state index in [-0.39, 0.29) is 11.8 Å². The van der Waals surface area contributed by atoms with Crippen LogP contribution in [0.25, 0.3) is 6.08 Å². The molecule has 2 atom stereocenters. The molecule has 0 aliphatic rings. The predicted octanol–water partition coefficient (Wildman–Crippen LogP) is 3.38. The van der Waals surface area contributed by atoms with Gasteiger partial charge in [-0.25, -0.2) is 0 Å². The molecule has 0 amide bonds. The molecule has 0 radical (unpaired) electrons. The number of rotatable bonds is 9. The van der Waals surface area contributed by atoms with Crippen molar-refractivity contribution in [1.29, 1.82) is 0 Å². The number of aliphatic hydroxyl groups excluding tert-OH is 1. The summed E-state index contributed by atoms with van der Waals surface area (Å²) in [6.07, 6.45) is 3.15. The van der Waals surface area contributed by atoms with Gasteiger partial charge >= 0.3 is 0 Å². The minimum atomic E-state index is -0.594. The summed E-state index contributed by atoms with van der Waals surface area (Å²) < 4.78 is 5.16. The summed E-state index contributed by atoms with van der Waals surface area (Å²) in [4.78, 5) is 12.0. The third kappa shape index (κ3) is 6.18. The van der Waals surface area contributed by atoms with Crippen LogP contribution in [0.3, 0.4) is 0 Å². The fourth-order valence-electron chi connectivity index (χ4n) is 2.49. The van der Waals surface area contributed by atoms with Crippen LogP contribution in [0, 0.1) is 0 Å². The zero-order chi connectivity index (χ0) is 18.1. The zero-order valence-corrected chi connectivity index (χ0v) is 14.7. The molecule has 0 aliphatic heterocycles. The van der Waals surface area contributed by atoms with Crippen LogP contribution in [0.2, 0.25) is 0 Å². The van der Waals surface area contributed by atoms with Crippen molar-refractivity contribution in [3.05, 3.63) is 71.8 Å². The highest BCUT2D eigenvalue weighted by molar-refractivity contribution is 5.93. The summed E-state index contributed by atoms with van der Waals surface area (Å²) in [5.41, 5.74) is 1.79. The Balaban J connectivity index is 1.77. The van der Waals surface area contributed by atoms with Gasteiger partial charge in [-0.2, -0.15) is 0 Å². The summed E-state index contributed by atoms with van der Waals surface area (Å²) >= 11 is 0. The lowest BCUT2D eigenvalue weighted by Crippen LogP contribution is -2.33. The van der Waals surface area contributed by atoms with E-state index >= 15 is 0 Å². The van der Waals surface area contributed by atoms with Crippen molar-refractivity contribution < 1.29 is 14.6 Å². The Labute approximate surface area is 149 Å². The van der Waals surface area contributed by atoms with Crippen molar-refractivity contribution in [2.24, 2.45) is 0 Å². The van der Waals surface area contributed by atoms with Crippen LogP contribution >= 0.6 is 0 Å². The predicted molar refractivity (Wildman–Crippen MR) is 101 cm³/mol. The van der Waals surface area contributed by atoms with E-state index in [2.05, 4.69) is 5.32 Å². The molecule has 0 fully saturated rings. The summed E-state index contributed by atoms with van der Waals surface area (Å²) in [5.74, 6) is 0.803. The highest BCUT2D eigenvalue weighted by atomic mass is 16.5. The highest BCUT2D eigenvalue weighted by Gasteiger charge is 2.15. The second-order valence-corrected chi connectivity index (χ2v) is 5.92. The lowest BCUT2D eigenvalue weighted by Gasteiger charge is -2.20. The number of carbonyl (C=O) groups is 1. The molecule has 2 unspecified atom stereocenters. The summed E-state index contributed by atoms with van der Waals surface area (Å²) in [5, 5.41) is 13.5. The van der Waals surface area contributed by atoms with E-state index in [0.29, 0.717) is 13.0 Å². The van der Waals surface area contributed by atoms with Crippen molar-refractivity contribution in [3.8, 4) is 5.75 Å². The van der Waals surface area contributed by atoms with Gasteiger partial charge in [0.1, 0.15) is 5.75 Å². The molecule has 0 saturated carbocycles. The largest absolute Gasteiger partial charge is 0.497 e. The van der Waals surface area contributed by atoms with Gasteiger partial charge in [-0.15, -0.1) is 0 Å². The maximum atomic E-state index is 12.0. The highest BCUT2D eigenvalue weighted by Crippen LogP contribution is 2.16. The molecule has 0 bridgehead atoms. The number of carbonyl (C=O) groups excluding carboxylic acids is 1. The molecule has 0 saturated heterocycles. The molecule has 132 valence electrons. The van der Waals surface area contributed by atoms with Gasteiger partial charge in [0.2, 0.25) is 0 Å². The Hall–Kier alpha value is -2.43. The molecule has 2 aromatic carbocycles. The molecule has 0 aromatic heterocycles. The summed E-state index contributed by atoms with van der Waals surface area (Å²) in [6, 6.07) is 16.9. The number of ether oxygens (including phenoxy) is 1. The van der Waals surface area contributed by atoms with E-state index in [9.17, 15) is 9.90 Å². The van der Waals surface area contributed by atoms with Crippen LogP contribution in [0.1, 0.15) is 30.6 Å². The second kappa shape index (κ2) is 9.77. The SMILES string of the molecule is COc1cccc(/C=C/C(=O)CCNC(C)C(O)c2ccccc2)c1. The van der Waals surface area contributed by atoms with Crippen LogP contribution in [0.4, 0.5) is 0 Å². The quantitative estimate of drug-likeness (QED) is 0.688. The van der Waals surface area contributed by atoms with Crippen LogP contribution in [-0.2, 0) is 4.79 Å². The zero-order valence-electron chi connectivity index (χ0n) is 14.7. The van der Waals surface area contributed by atoms with Crippen LogP contribution in [0.15, 0.2) is 60.7 Å². The number of nitrogens with one attached hydrogen (secondary N) is 1. The first-order valence-corrected chi connectivity index (χ1v) is 8.41. The van der Waals surface area contributed by atoms with Gasteiger partial charge < -0.3 is 15.2 Å². The molecular weight excluding hydrogens is 314 g/mol. The van der Waals surface area contributed by atoms with Crippen molar-refractivity contribution in [3.63, 3.8) is 0 Å². The van der Waals surface area contributed by atoms with Crippen molar-refractivity contribution in [2.45, 2.75) is 25.5 Å². The third-order valence-electron chi connectivity index (χ3n) is 4.01. The van der Waals surface area contributed by atoms with Gasteiger partial charge in [0.25, 0.3) is 0 Å². The van der Waals surface area contributed by atoms with Crippen LogP contribution < -0.4 is 10.1 Å². The lowest BCUT2D eigenvalue weighted by molar-refractivity contribution is -0.114. The lowest BCUT2D eigenvalue weighted by atomic mass is 10.0. The molecule has 0 spiro atoms. The standard InChI is InChI=1S/C21H25NO3/c1-16(21(24)18-8-4-3-5-9-18)22-14-13-19(23)12-11-17-7-6-10-20(15-17)25-2/h3-12,15-16,21-22,24H,13-14H2,1-2H3/b12-11+. The fraction of sp³-hybridized carbons (Fsp3) is 0.286. The molecule has 4 heteroatoms. The molecule has 0 aliphatic carbocycles. The number of ketones is 1. The minimum Gasteiger partial charge on any atom is -0.497 e. The third-order valence-corrected chi connectivity index (χ3v) is 4.01. The fourth-order valence-corrected chi connectivity index (χ4v) is 2.49. The second-order valence-electron chi connectivity index (χ2n) is 5.92. The van der Waals surface area contributed by atoms with E-state index < -0.39 is 6.10 Å². The number of methoxy groups -OCH3 is 1. The Bertz CT molecular complexity index is 697. The molecule has 2 aromatic rings. The minimum absolute atomic E-state index is 0.0386. The normalized spacial score (nSPS) is 13.6. The number of allylic oxidation sites excluding steroid dienone is 1. The van der Waals surface area contributed by atoms with Crippen molar-refractivity contribution >= 4 is 11.9 Å². The molecule has 4 nitrogen and oxygen atoms in total. The monoisotopic (exact) mass is 339 g/mol. The van der Waals surface area contributed by atoms with Crippen LogP contribution in [0.5, 0.6) is 5.75 Å². The first kappa shape index (κ1) is 18.9. The molecular formula is C21H25NO3. The van der Waals surface area contributed by atoms with E-state index in [1.165, 1.54) is 0 Å². The van der Waals surface area contributed by atoms with E-state index in [0.717, 1.165) is 16.9 Å². The maximum absolute atomic E-state index is 12.0. The van der Waals surface area contributed by atoms with Gasteiger partial charge in [-0.05, 0) is 36.3 Å². The Morgan fingerprint density at radius 2 is 1.96 bits per heavy atom. The van der Waals surface area contributed by atoms with E-state index in [1.54, 1.807) is 19.3 Å². The van der Waals surface area contributed by atoms with Gasteiger partial charge in [0, 0.05) is 19.0 Å². The van der Waals surface area contributed by atoms with Crippen molar-refractivity contribution in [1.82, 2.24) is 5.32 Å². The summed E-state index contributed by atoms with van der Waals surface area (Å²) in [7, 11) is 1.62. The number of benzene rings is 2. The average Bonchev–Trinajstić information content (AvgIpc) is 2.66. The molecule has 2 rings (SSSR count). The number of hydrogen-bond acceptors (Lipinski definition) is 4. The molecule has 2 N–H and O–H groups in total. The Morgan fingerprint density at radius 1 is 1.20 bits per heavy atom. The first-order chi connectivity index (χ1) is 12.1. The van der Waals surface area contributed by atoms with E-state index in [4.69, 9.17) is 4.74 Å². The van der Waals surface area contributed by atoms with Gasteiger partial charge in [0.15, 0.2) is 5.78 Å². The Morgan fingerprint density at radius 3 is 2.68 bits per heavy atom. The maximum Gasteiger partial charge on any atom is 0.156 e. The molecule has 25 heavy (non-hydrogen) atoms. The van der Waals surface area contributed by atoms with E-state index in [1.807, 2.05) is 61.5 Å². The van der Waals surface area contributed by atoms with Gasteiger partial charge in [0.05, 0.1) is 13.2 Å². The smallest absolute Gasteiger partial charge is 0.156 e. The van der Waals surface area contributed by atoms with Gasteiger partial charge in [-0.3, -0.25) is 4.79 Å². The average molecular weight is 339 g/mol. The summed E-state index contributed by atoms with van der Waals surface area (Å²) in [6.45, 7) is 2.43. The van der Waals surface area contributed by atoms with Crippen LogP contribution in [-0.4, -0.2) is 30.6 Å². The first-order valence-electron chi connectivity index (χ1n) is 8.41. The van der Waals surface area contributed by atoms with Crippen molar-refractivity contribution in [2.75, 3.05) is 13.7 Å². The number of aliphatic hydroxyl groups is 1. The van der Waals surface area contributed by atoms with Gasteiger partial charge in [-0.1, -0.05) is 48.5 Å². The molecule has 0 heterocycles.